The Balaban J connectivity index is 1.46. The van der Waals surface area contributed by atoms with Gasteiger partial charge in [-0.25, -0.2) is 0 Å². The van der Waals surface area contributed by atoms with Crippen LogP contribution >= 0.6 is 0 Å². The summed E-state index contributed by atoms with van der Waals surface area (Å²) in [5, 5.41) is 0. The zero-order valence-corrected chi connectivity index (χ0v) is 15.8. The van der Waals surface area contributed by atoms with Crippen LogP contribution in [0.25, 0.3) is 0 Å². The molecule has 26 heavy (non-hydrogen) atoms. The van der Waals surface area contributed by atoms with Gasteiger partial charge in [-0.2, -0.15) is 0 Å². The Kier molecular flexibility index (Phi) is 7.47. The lowest BCUT2D eigenvalue weighted by Gasteiger charge is -2.43. The fourth-order valence-electron chi connectivity index (χ4n) is 4.33. The molecule has 2 fully saturated rings. The van der Waals surface area contributed by atoms with Crippen molar-refractivity contribution in [3.63, 3.8) is 0 Å². The topological polar surface area (TPSA) is 58.8 Å². The van der Waals surface area contributed by atoms with Crippen molar-refractivity contribution in [2.24, 2.45) is 5.73 Å². The normalized spacial score (nSPS) is 19.8. The average molecular weight is 360 g/mol. The van der Waals surface area contributed by atoms with E-state index in [0.29, 0.717) is 31.0 Å². The maximum absolute atomic E-state index is 12.6. The zero-order valence-electron chi connectivity index (χ0n) is 15.8. The summed E-state index contributed by atoms with van der Waals surface area (Å²) in [5.74, 6) is 0.295. The summed E-state index contributed by atoms with van der Waals surface area (Å²) in [5.41, 5.74) is 7.12. The second kappa shape index (κ2) is 10.0. The standard InChI is InChI=1S/C21H33N3O2/c22-12-15-24(20-10-16-26-17-11-20)19-8-13-23(14-9-19)21(25)7-6-18-4-2-1-3-5-18/h1-5,19-20H,6-17,22H2. The van der Waals surface area contributed by atoms with E-state index < -0.39 is 0 Å². The van der Waals surface area contributed by atoms with Crippen LogP contribution in [0, 0.1) is 0 Å². The van der Waals surface area contributed by atoms with Crippen molar-refractivity contribution in [3.05, 3.63) is 35.9 Å². The van der Waals surface area contributed by atoms with E-state index in [1.165, 1.54) is 5.56 Å². The monoisotopic (exact) mass is 359 g/mol. The van der Waals surface area contributed by atoms with Crippen LogP contribution < -0.4 is 5.73 Å². The fraction of sp³-hybridized carbons (Fsp3) is 0.667. The number of hydrogen-bond donors (Lipinski definition) is 1. The van der Waals surface area contributed by atoms with E-state index in [0.717, 1.165) is 65.0 Å². The predicted octanol–water partition coefficient (Wildman–Crippen LogP) is 2.05. The highest BCUT2D eigenvalue weighted by Gasteiger charge is 2.31. The summed E-state index contributed by atoms with van der Waals surface area (Å²) in [6, 6.07) is 11.4. The number of rotatable bonds is 7. The number of ether oxygens (including phenoxy) is 1. The summed E-state index contributed by atoms with van der Waals surface area (Å²) in [6.45, 7) is 5.14. The minimum atomic E-state index is 0.295. The van der Waals surface area contributed by atoms with Gasteiger partial charge in [0.25, 0.3) is 0 Å². The lowest BCUT2D eigenvalue weighted by molar-refractivity contribution is -0.133. The molecule has 2 aliphatic rings. The van der Waals surface area contributed by atoms with E-state index in [4.69, 9.17) is 10.5 Å². The van der Waals surface area contributed by atoms with E-state index in [9.17, 15) is 4.79 Å². The smallest absolute Gasteiger partial charge is 0.222 e. The molecule has 0 aliphatic carbocycles. The molecule has 144 valence electrons. The van der Waals surface area contributed by atoms with Crippen molar-refractivity contribution in [3.8, 4) is 0 Å². The van der Waals surface area contributed by atoms with Crippen molar-refractivity contribution in [1.29, 1.82) is 0 Å². The second-order valence-electron chi connectivity index (χ2n) is 7.47. The largest absolute Gasteiger partial charge is 0.381 e. The first-order valence-electron chi connectivity index (χ1n) is 10.1. The molecule has 2 saturated heterocycles. The number of likely N-dealkylation sites (tertiary alicyclic amines) is 1. The highest BCUT2D eigenvalue weighted by molar-refractivity contribution is 5.76. The lowest BCUT2D eigenvalue weighted by atomic mass is 9.97. The minimum absolute atomic E-state index is 0.295. The van der Waals surface area contributed by atoms with E-state index >= 15 is 0 Å². The quantitative estimate of drug-likeness (QED) is 0.809. The summed E-state index contributed by atoms with van der Waals surface area (Å²) in [7, 11) is 0. The molecule has 0 aromatic heterocycles. The number of carbonyl (C=O) groups excluding carboxylic acids is 1. The Bertz CT molecular complexity index is 537. The van der Waals surface area contributed by atoms with Crippen molar-refractivity contribution in [2.45, 2.75) is 50.6 Å². The summed E-state index contributed by atoms with van der Waals surface area (Å²) in [4.78, 5) is 17.2. The van der Waals surface area contributed by atoms with E-state index in [1.54, 1.807) is 0 Å². The maximum atomic E-state index is 12.6. The first-order valence-corrected chi connectivity index (χ1v) is 10.1. The molecule has 2 heterocycles. The van der Waals surface area contributed by atoms with Crippen LogP contribution in [0.5, 0.6) is 0 Å². The van der Waals surface area contributed by atoms with Gasteiger partial charge in [-0.05, 0) is 37.7 Å². The van der Waals surface area contributed by atoms with Gasteiger partial charge in [0.15, 0.2) is 0 Å². The summed E-state index contributed by atoms with van der Waals surface area (Å²) in [6.07, 6.45) is 5.79. The molecule has 0 unspecified atom stereocenters. The molecule has 5 nitrogen and oxygen atoms in total. The van der Waals surface area contributed by atoms with Crippen molar-refractivity contribution < 1.29 is 9.53 Å². The van der Waals surface area contributed by atoms with E-state index in [-0.39, 0.29) is 0 Å². The third-order valence-electron chi connectivity index (χ3n) is 5.80. The van der Waals surface area contributed by atoms with Gasteiger partial charge in [0.1, 0.15) is 0 Å². The second-order valence-corrected chi connectivity index (χ2v) is 7.47. The van der Waals surface area contributed by atoms with Gasteiger partial charge in [0, 0.05) is 57.9 Å². The maximum Gasteiger partial charge on any atom is 0.222 e. The molecule has 2 N–H and O–H groups in total. The number of nitrogens with two attached hydrogens (primary N) is 1. The molecule has 0 radical (unpaired) electrons. The van der Waals surface area contributed by atoms with Crippen molar-refractivity contribution in [2.75, 3.05) is 39.4 Å². The number of aryl methyl sites for hydroxylation is 1. The number of nitrogens with zero attached hydrogens (tertiary/aromatic N) is 2. The molecule has 3 rings (SSSR count). The van der Waals surface area contributed by atoms with Crippen LogP contribution in [0.4, 0.5) is 0 Å². The lowest BCUT2D eigenvalue weighted by Crippen LogP contribution is -2.52. The summed E-state index contributed by atoms with van der Waals surface area (Å²) < 4.78 is 5.52. The molecule has 0 bridgehead atoms. The molecule has 0 atom stereocenters. The third-order valence-corrected chi connectivity index (χ3v) is 5.80. The number of carbonyl (C=O) groups is 1. The van der Waals surface area contributed by atoms with Crippen molar-refractivity contribution >= 4 is 5.91 Å². The van der Waals surface area contributed by atoms with Gasteiger partial charge in [0.05, 0.1) is 0 Å². The van der Waals surface area contributed by atoms with Crippen LogP contribution in [0.2, 0.25) is 0 Å². The Morgan fingerprint density at radius 1 is 1.08 bits per heavy atom. The van der Waals surface area contributed by atoms with Crippen LogP contribution in [0.3, 0.4) is 0 Å². The molecule has 0 saturated carbocycles. The third kappa shape index (κ3) is 5.29. The van der Waals surface area contributed by atoms with Gasteiger partial charge in [-0.15, -0.1) is 0 Å². The first kappa shape index (κ1) is 19.3. The highest BCUT2D eigenvalue weighted by atomic mass is 16.5. The van der Waals surface area contributed by atoms with Gasteiger partial charge in [-0.1, -0.05) is 30.3 Å². The number of piperidine rings is 1. The molecule has 1 aromatic rings. The first-order chi connectivity index (χ1) is 12.8. The van der Waals surface area contributed by atoms with Gasteiger partial charge < -0.3 is 15.4 Å². The van der Waals surface area contributed by atoms with Crippen LogP contribution in [-0.2, 0) is 16.0 Å². The molecule has 1 amide bonds. The molecule has 2 aliphatic heterocycles. The molecule has 1 aromatic carbocycles. The molecular formula is C21H33N3O2. The highest BCUT2D eigenvalue weighted by Crippen LogP contribution is 2.24. The molecular weight excluding hydrogens is 326 g/mol. The van der Waals surface area contributed by atoms with Gasteiger partial charge >= 0.3 is 0 Å². The van der Waals surface area contributed by atoms with Gasteiger partial charge in [0.2, 0.25) is 5.91 Å². The minimum Gasteiger partial charge on any atom is -0.381 e. The number of hydrogen-bond acceptors (Lipinski definition) is 4. The zero-order chi connectivity index (χ0) is 18.2. The van der Waals surface area contributed by atoms with Crippen molar-refractivity contribution in [1.82, 2.24) is 9.80 Å². The fourth-order valence-corrected chi connectivity index (χ4v) is 4.33. The molecule has 5 heteroatoms. The Hall–Kier alpha value is -1.43. The average Bonchev–Trinajstić information content (AvgIpc) is 2.72. The Morgan fingerprint density at radius 3 is 2.38 bits per heavy atom. The van der Waals surface area contributed by atoms with Crippen LogP contribution in [0.15, 0.2) is 30.3 Å². The van der Waals surface area contributed by atoms with Crippen LogP contribution in [0.1, 0.15) is 37.7 Å². The van der Waals surface area contributed by atoms with E-state index in [2.05, 4.69) is 21.9 Å². The van der Waals surface area contributed by atoms with Crippen LogP contribution in [-0.4, -0.2) is 67.2 Å². The number of amides is 1. The SMILES string of the molecule is NCCN(C1CCOCC1)C1CCN(C(=O)CCc2ccccc2)CC1. The molecule has 0 spiro atoms. The van der Waals surface area contributed by atoms with Gasteiger partial charge in [-0.3, -0.25) is 9.69 Å². The Morgan fingerprint density at radius 2 is 1.73 bits per heavy atom. The predicted molar refractivity (Wildman–Crippen MR) is 104 cm³/mol. The Labute approximate surface area is 157 Å². The number of benzene rings is 1. The summed E-state index contributed by atoms with van der Waals surface area (Å²) >= 11 is 0. The van der Waals surface area contributed by atoms with E-state index in [1.807, 2.05) is 18.2 Å².